The van der Waals surface area contributed by atoms with Gasteiger partial charge in [0.2, 0.25) is 5.91 Å². The smallest absolute Gasteiger partial charge is 0.226 e. The summed E-state index contributed by atoms with van der Waals surface area (Å²) in [5, 5.41) is 12.2. The monoisotopic (exact) mass is 305 g/mol. The number of rotatable bonds is 7. The molecule has 1 aromatic carbocycles. The molecular weight excluding hydrogens is 278 g/mol. The Morgan fingerprint density at radius 2 is 2.18 bits per heavy atom. The second-order valence-electron chi connectivity index (χ2n) is 6.57. The molecule has 1 aromatic rings. The normalized spacial score (nSPS) is 18.5. The average molecular weight is 305 g/mol. The number of aliphatic hydroxyl groups is 1. The van der Waals surface area contributed by atoms with Crippen LogP contribution in [0, 0.1) is 17.8 Å². The van der Waals surface area contributed by atoms with Crippen LogP contribution in [0.15, 0.2) is 24.3 Å². The van der Waals surface area contributed by atoms with Crippen LogP contribution in [0.25, 0.3) is 0 Å². The van der Waals surface area contributed by atoms with Crippen LogP contribution in [-0.2, 0) is 11.2 Å². The lowest BCUT2D eigenvalue weighted by molar-refractivity contribution is -0.126. The lowest BCUT2D eigenvalue weighted by Gasteiger charge is -2.26. The van der Waals surface area contributed by atoms with Gasteiger partial charge >= 0.3 is 0 Å². The molecule has 2 rings (SSSR count). The van der Waals surface area contributed by atoms with E-state index in [4.69, 9.17) is 9.84 Å². The van der Waals surface area contributed by atoms with Gasteiger partial charge in [0.25, 0.3) is 0 Å². The zero-order chi connectivity index (χ0) is 15.9. The van der Waals surface area contributed by atoms with E-state index in [1.165, 1.54) is 0 Å². The van der Waals surface area contributed by atoms with E-state index in [1.54, 1.807) is 0 Å². The second kappa shape index (κ2) is 8.18. The SMILES string of the molecule is CC(C)CC(CCO)CNC(=O)C1COc2ccccc2C1. The highest BCUT2D eigenvalue weighted by Gasteiger charge is 2.26. The maximum atomic E-state index is 12.3. The average Bonchev–Trinajstić information content (AvgIpc) is 2.51. The Morgan fingerprint density at radius 1 is 1.41 bits per heavy atom. The van der Waals surface area contributed by atoms with E-state index in [0.29, 0.717) is 25.0 Å². The molecule has 2 unspecified atom stereocenters. The first-order valence-corrected chi connectivity index (χ1v) is 8.19. The van der Waals surface area contributed by atoms with Gasteiger partial charge in [0.1, 0.15) is 12.4 Å². The van der Waals surface area contributed by atoms with Crippen molar-refractivity contribution >= 4 is 5.91 Å². The van der Waals surface area contributed by atoms with Gasteiger partial charge in [-0.15, -0.1) is 0 Å². The molecule has 2 atom stereocenters. The van der Waals surface area contributed by atoms with Crippen LogP contribution in [0.4, 0.5) is 0 Å². The van der Waals surface area contributed by atoms with Crippen LogP contribution in [0.1, 0.15) is 32.3 Å². The number of nitrogens with one attached hydrogen (secondary N) is 1. The molecule has 4 heteroatoms. The van der Waals surface area contributed by atoms with Gasteiger partial charge in [0, 0.05) is 13.2 Å². The Kier molecular flexibility index (Phi) is 6.25. The van der Waals surface area contributed by atoms with Crippen molar-refractivity contribution in [2.24, 2.45) is 17.8 Å². The van der Waals surface area contributed by atoms with Crippen LogP contribution < -0.4 is 10.1 Å². The maximum absolute atomic E-state index is 12.3. The number of aliphatic hydroxyl groups excluding tert-OH is 1. The zero-order valence-corrected chi connectivity index (χ0v) is 13.5. The third-order valence-electron chi connectivity index (χ3n) is 4.16. The van der Waals surface area contributed by atoms with E-state index in [9.17, 15) is 4.79 Å². The van der Waals surface area contributed by atoms with Crippen molar-refractivity contribution in [3.63, 3.8) is 0 Å². The van der Waals surface area contributed by atoms with Gasteiger partial charge in [-0.3, -0.25) is 4.79 Å². The predicted octanol–water partition coefficient (Wildman–Crippen LogP) is 2.40. The molecule has 1 aliphatic heterocycles. The number of benzene rings is 1. The van der Waals surface area contributed by atoms with Crippen molar-refractivity contribution < 1.29 is 14.6 Å². The number of hydrogen-bond acceptors (Lipinski definition) is 3. The summed E-state index contributed by atoms with van der Waals surface area (Å²) in [6.07, 6.45) is 2.49. The Bertz CT molecular complexity index is 487. The van der Waals surface area contributed by atoms with Crippen molar-refractivity contribution in [1.82, 2.24) is 5.32 Å². The molecule has 1 aliphatic rings. The van der Waals surface area contributed by atoms with Crippen LogP contribution in [0.2, 0.25) is 0 Å². The molecule has 122 valence electrons. The molecule has 0 radical (unpaired) electrons. The molecular formula is C18H27NO3. The lowest BCUT2D eigenvalue weighted by Crippen LogP contribution is -2.39. The lowest BCUT2D eigenvalue weighted by atomic mass is 9.93. The summed E-state index contributed by atoms with van der Waals surface area (Å²) in [7, 11) is 0. The predicted molar refractivity (Wildman–Crippen MR) is 86.8 cm³/mol. The highest BCUT2D eigenvalue weighted by atomic mass is 16.5. The van der Waals surface area contributed by atoms with E-state index in [-0.39, 0.29) is 18.4 Å². The molecule has 0 saturated carbocycles. The molecule has 0 saturated heterocycles. The van der Waals surface area contributed by atoms with Gasteiger partial charge in [-0.2, -0.15) is 0 Å². The Labute approximate surface area is 132 Å². The summed E-state index contributed by atoms with van der Waals surface area (Å²) in [6, 6.07) is 7.89. The fourth-order valence-corrected chi connectivity index (χ4v) is 3.04. The first-order valence-electron chi connectivity index (χ1n) is 8.19. The van der Waals surface area contributed by atoms with Gasteiger partial charge < -0.3 is 15.2 Å². The molecule has 1 amide bonds. The zero-order valence-electron chi connectivity index (χ0n) is 13.5. The number of carbonyl (C=O) groups excluding carboxylic acids is 1. The first-order chi connectivity index (χ1) is 10.6. The molecule has 0 bridgehead atoms. The fraction of sp³-hybridized carbons (Fsp3) is 0.611. The highest BCUT2D eigenvalue weighted by molar-refractivity contribution is 5.79. The first kappa shape index (κ1) is 16.8. The quantitative estimate of drug-likeness (QED) is 0.813. The van der Waals surface area contributed by atoms with Crippen molar-refractivity contribution in [3.05, 3.63) is 29.8 Å². The topological polar surface area (TPSA) is 58.6 Å². The van der Waals surface area contributed by atoms with Gasteiger partial charge in [-0.25, -0.2) is 0 Å². The molecule has 0 spiro atoms. The Balaban J connectivity index is 1.85. The van der Waals surface area contributed by atoms with E-state index in [2.05, 4.69) is 19.2 Å². The minimum atomic E-state index is -0.122. The molecule has 1 heterocycles. The van der Waals surface area contributed by atoms with Crippen molar-refractivity contribution in [2.45, 2.75) is 33.1 Å². The summed E-state index contributed by atoms with van der Waals surface area (Å²) in [5.41, 5.74) is 1.10. The molecule has 2 N–H and O–H groups in total. The largest absolute Gasteiger partial charge is 0.492 e. The van der Waals surface area contributed by atoms with Crippen LogP contribution >= 0.6 is 0 Å². The van der Waals surface area contributed by atoms with Crippen LogP contribution in [-0.4, -0.2) is 30.8 Å². The number of amides is 1. The van der Waals surface area contributed by atoms with Crippen molar-refractivity contribution in [1.29, 1.82) is 0 Å². The summed E-state index contributed by atoms with van der Waals surface area (Å²) in [4.78, 5) is 12.3. The van der Waals surface area contributed by atoms with Crippen molar-refractivity contribution in [2.75, 3.05) is 19.8 Å². The minimum absolute atomic E-state index is 0.0567. The van der Waals surface area contributed by atoms with E-state index < -0.39 is 0 Å². The molecule has 0 fully saturated rings. The molecule has 0 aromatic heterocycles. The third-order valence-corrected chi connectivity index (χ3v) is 4.16. The minimum Gasteiger partial charge on any atom is -0.492 e. The van der Waals surface area contributed by atoms with E-state index in [0.717, 1.165) is 30.6 Å². The molecule has 22 heavy (non-hydrogen) atoms. The van der Waals surface area contributed by atoms with Gasteiger partial charge in [-0.1, -0.05) is 32.0 Å². The summed E-state index contributed by atoms with van der Waals surface area (Å²) in [5.74, 6) is 1.73. The third kappa shape index (κ3) is 4.73. The van der Waals surface area contributed by atoms with Gasteiger partial charge in [-0.05, 0) is 42.7 Å². The Morgan fingerprint density at radius 3 is 2.91 bits per heavy atom. The molecule has 0 aliphatic carbocycles. The van der Waals surface area contributed by atoms with Gasteiger partial charge in [0.15, 0.2) is 0 Å². The molecule has 4 nitrogen and oxygen atoms in total. The summed E-state index contributed by atoms with van der Waals surface area (Å²) >= 11 is 0. The number of carbonyl (C=O) groups is 1. The maximum Gasteiger partial charge on any atom is 0.226 e. The fourth-order valence-electron chi connectivity index (χ4n) is 3.04. The van der Waals surface area contributed by atoms with Crippen molar-refractivity contribution in [3.8, 4) is 5.75 Å². The summed E-state index contributed by atoms with van der Waals surface area (Å²) < 4.78 is 5.68. The van der Waals surface area contributed by atoms with E-state index >= 15 is 0 Å². The summed E-state index contributed by atoms with van der Waals surface area (Å²) in [6.45, 7) is 5.58. The number of hydrogen-bond donors (Lipinski definition) is 2. The standard InChI is InChI=1S/C18H27NO3/c1-13(2)9-14(7-8-20)11-19-18(21)16-10-15-5-3-4-6-17(15)22-12-16/h3-6,13-14,16,20H,7-12H2,1-2H3,(H,19,21). The van der Waals surface area contributed by atoms with Crippen LogP contribution in [0.5, 0.6) is 5.75 Å². The van der Waals surface area contributed by atoms with Crippen LogP contribution in [0.3, 0.4) is 0 Å². The number of para-hydroxylation sites is 1. The van der Waals surface area contributed by atoms with Gasteiger partial charge in [0.05, 0.1) is 5.92 Å². The number of ether oxygens (including phenoxy) is 1. The second-order valence-corrected chi connectivity index (χ2v) is 6.57. The van der Waals surface area contributed by atoms with E-state index in [1.807, 2.05) is 24.3 Å². The highest BCUT2D eigenvalue weighted by Crippen LogP contribution is 2.26. The number of fused-ring (bicyclic) bond motifs is 1. The Hall–Kier alpha value is -1.55.